The molecule has 1 atom stereocenters. The number of amides is 1. The van der Waals surface area contributed by atoms with Crippen LogP contribution in [0.25, 0.3) is 0 Å². The maximum Gasteiger partial charge on any atom is 0.274 e. The maximum absolute atomic E-state index is 12.7. The number of carbonyl (C=O) groups is 1. The monoisotopic (exact) mass is 360 g/mol. The minimum Gasteiger partial charge on any atom is -0.345 e. The molecule has 1 unspecified atom stereocenters. The molecule has 0 aliphatic carbocycles. The number of piperazine rings is 1. The van der Waals surface area contributed by atoms with Gasteiger partial charge in [0.05, 0.1) is 11.7 Å². The summed E-state index contributed by atoms with van der Waals surface area (Å²) >= 11 is 1.67. The van der Waals surface area contributed by atoms with E-state index in [2.05, 4.69) is 25.7 Å². The van der Waals surface area contributed by atoms with Crippen molar-refractivity contribution >= 4 is 22.4 Å². The molecule has 2 aromatic heterocycles. The van der Waals surface area contributed by atoms with Gasteiger partial charge in [0.2, 0.25) is 0 Å². The lowest BCUT2D eigenvalue weighted by molar-refractivity contribution is 0.0739. The van der Waals surface area contributed by atoms with Gasteiger partial charge in [-0.2, -0.15) is 5.10 Å². The molecule has 4 rings (SSSR count). The lowest BCUT2D eigenvalue weighted by Crippen LogP contribution is -2.49. The zero-order chi connectivity index (χ0) is 17.2. The molecule has 2 fully saturated rings. The molecule has 2 aliphatic heterocycles. The summed E-state index contributed by atoms with van der Waals surface area (Å²) in [7, 11) is 0. The number of anilines is 1. The Bertz CT molecular complexity index is 727. The van der Waals surface area contributed by atoms with E-state index < -0.39 is 0 Å². The van der Waals surface area contributed by atoms with E-state index >= 15 is 0 Å². The van der Waals surface area contributed by atoms with Crippen molar-refractivity contribution in [3.63, 3.8) is 0 Å². The van der Waals surface area contributed by atoms with Crippen molar-refractivity contribution in [2.45, 2.75) is 25.8 Å². The number of aryl methyl sites for hydroxylation is 1. The van der Waals surface area contributed by atoms with E-state index in [1.54, 1.807) is 11.3 Å². The molecule has 4 heterocycles. The molecular formula is C17H24N6OS. The smallest absolute Gasteiger partial charge is 0.274 e. The Labute approximate surface area is 151 Å². The molecule has 0 radical (unpaired) electrons. The van der Waals surface area contributed by atoms with Crippen LogP contribution < -0.4 is 10.2 Å². The summed E-state index contributed by atoms with van der Waals surface area (Å²) < 4.78 is 1.95. The summed E-state index contributed by atoms with van der Waals surface area (Å²) in [6.45, 7) is 7.11. The van der Waals surface area contributed by atoms with E-state index in [1.807, 2.05) is 28.8 Å². The van der Waals surface area contributed by atoms with E-state index in [-0.39, 0.29) is 5.91 Å². The van der Waals surface area contributed by atoms with Crippen molar-refractivity contribution in [2.24, 2.45) is 0 Å². The van der Waals surface area contributed by atoms with E-state index in [0.717, 1.165) is 62.9 Å². The number of hydrogen-bond donors (Lipinski definition) is 1. The average Bonchev–Trinajstić information content (AvgIpc) is 3.31. The zero-order valence-corrected chi connectivity index (χ0v) is 15.3. The molecule has 25 heavy (non-hydrogen) atoms. The Hall–Kier alpha value is -1.93. The summed E-state index contributed by atoms with van der Waals surface area (Å²) in [6, 6.07) is 2.22. The van der Waals surface area contributed by atoms with Gasteiger partial charge >= 0.3 is 0 Å². The highest BCUT2D eigenvalue weighted by Gasteiger charge is 2.25. The van der Waals surface area contributed by atoms with Crippen LogP contribution in [0.5, 0.6) is 0 Å². The number of carbonyl (C=O) groups excluding carboxylic acids is 1. The Morgan fingerprint density at radius 1 is 1.32 bits per heavy atom. The molecule has 8 heteroatoms. The van der Waals surface area contributed by atoms with Crippen molar-refractivity contribution in [3.8, 4) is 0 Å². The number of thiazole rings is 1. The van der Waals surface area contributed by atoms with Gasteiger partial charge in [0.1, 0.15) is 5.69 Å². The first-order chi connectivity index (χ1) is 12.2. The van der Waals surface area contributed by atoms with Crippen LogP contribution in [-0.4, -0.2) is 64.8 Å². The lowest BCUT2D eigenvalue weighted by atomic mass is 10.1. The van der Waals surface area contributed by atoms with E-state index in [4.69, 9.17) is 0 Å². The second-order valence-corrected chi connectivity index (χ2v) is 7.57. The summed E-state index contributed by atoms with van der Waals surface area (Å²) in [4.78, 5) is 21.4. The Balaban J connectivity index is 1.36. The first kappa shape index (κ1) is 16.5. The van der Waals surface area contributed by atoms with Gasteiger partial charge in [0.15, 0.2) is 5.13 Å². The molecule has 134 valence electrons. The maximum atomic E-state index is 12.7. The molecule has 1 amide bonds. The van der Waals surface area contributed by atoms with Gasteiger partial charge in [-0.1, -0.05) is 0 Å². The van der Waals surface area contributed by atoms with Crippen LogP contribution in [0.3, 0.4) is 0 Å². The average molecular weight is 360 g/mol. The summed E-state index contributed by atoms with van der Waals surface area (Å²) in [6.07, 6.45) is 4.22. The van der Waals surface area contributed by atoms with Crippen LogP contribution in [0.1, 0.15) is 35.1 Å². The number of piperidine rings is 1. The van der Waals surface area contributed by atoms with Crippen LogP contribution in [0.15, 0.2) is 17.6 Å². The summed E-state index contributed by atoms with van der Waals surface area (Å²) in [5.74, 6) is 0.0393. The van der Waals surface area contributed by atoms with Crippen LogP contribution >= 0.6 is 11.3 Å². The van der Waals surface area contributed by atoms with E-state index in [9.17, 15) is 4.79 Å². The van der Waals surface area contributed by atoms with Crippen LogP contribution in [0.2, 0.25) is 0 Å². The van der Waals surface area contributed by atoms with E-state index in [1.165, 1.54) is 0 Å². The van der Waals surface area contributed by atoms with Crippen molar-refractivity contribution in [2.75, 3.05) is 44.2 Å². The zero-order valence-electron chi connectivity index (χ0n) is 14.5. The highest BCUT2D eigenvalue weighted by Crippen LogP contribution is 2.22. The number of aromatic nitrogens is 3. The fourth-order valence-corrected chi connectivity index (χ4v) is 4.32. The number of nitrogens with one attached hydrogen (secondary N) is 1. The van der Waals surface area contributed by atoms with Crippen LogP contribution in [-0.2, 0) is 0 Å². The molecule has 0 spiro atoms. The second kappa shape index (κ2) is 7.13. The van der Waals surface area contributed by atoms with Crippen LogP contribution in [0, 0.1) is 6.92 Å². The molecule has 7 nitrogen and oxygen atoms in total. The Morgan fingerprint density at radius 3 is 2.84 bits per heavy atom. The molecule has 1 N–H and O–H groups in total. The van der Waals surface area contributed by atoms with Crippen molar-refractivity contribution < 1.29 is 4.79 Å². The van der Waals surface area contributed by atoms with Crippen LogP contribution in [0.4, 0.5) is 5.13 Å². The number of nitrogens with zero attached hydrogens (tertiary/aromatic N) is 5. The van der Waals surface area contributed by atoms with Gasteiger partial charge in [-0.25, -0.2) is 4.98 Å². The minimum atomic E-state index is 0.0393. The second-order valence-electron chi connectivity index (χ2n) is 6.73. The first-order valence-electron chi connectivity index (χ1n) is 8.93. The molecule has 0 saturated carbocycles. The summed E-state index contributed by atoms with van der Waals surface area (Å²) in [5, 5.41) is 11.1. The van der Waals surface area contributed by atoms with Gasteiger partial charge in [-0.3, -0.25) is 9.48 Å². The molecule has 2 aliphatic rings. The third-order valence-electron chi connectivity index (χ3n) is 4.92. The van der Waals surface area contributed by atoms with Gasteiger partial charge in [0, 0.05) is 44.3 Å². The topological polar surface area (TPSA) is 66.3 Å². The lowest BCUT2D eigenvalue weighted by Gasteiger charge is -2.34. The largest absolute Gasteiger partial charge is 0.345 e. The molecule has 0 bridgehead atoms. The van der Waals surface area contributed by atoms with Gasteiger partial charge in [0.25, 0.3) is 5.91 Å². The van der Waals surface area contributed by atoms with Crippen molar-refractivity contribution in [3.05, 3.63) is 29.0 Å². The fourth-order valence-electron chi connectivity index (χ4n) is 3.46. The quantitative estimate of drug-likeness (QED) is 0.899. The van der Waals surface area contributed by atoms with Gasteiger partial charge in [-0.15, -0.1) is 11.3 Å². The fraction of sp³-hybridized carbons (Fsp3) is 0.588. The molecule has 2 saturated heterocycles. The Kier molecular flexibility index (Phi) is 4.72. The highest BCUT2D eigenvalue weighted by molar-refractivity contribution is 7.13. The SMILES string of the molecule is Cc1csc(N2CCN(C(=O)c3ccn(C4CCCNC4)n3)CC2)n1. The van der Waals surface area contributed by atoms with Gasteiger partial charge in [-0.05, 0) is 32.4 Å². The van der Waals surface area contributed by atoms with E-state index in [0.29, 0.717) is 11.7 Å². The standard InChI is InChI=1S/C17H24N6OS/c1-13-12-25-17(19-13)22-9-7-21(8-10-22)16(24)15-4-6-23(20-15)14-3-2-5-18-11-14/h4,6,12,14,18H,2-3,5,7-11H2,1H3. The third kappa shape index (κ3) is 3.55. The number of rotatable bonds is 3. The third-order valence-corrected chi connectivity index (χ3v) is 5.94. The number of hydrogen-bond acceptors (Lipinski definition) is 6. The minimum absolute atomic E-state index is 0.0393. The van der Waals surface area contributed by atoms with Crippen molar-refractivity contribution in [1.82, 2.24) is 25.0 Å². The molecular weight excluding hydrogens is 336 g/mol. The van der Waals surface area contributed by atoms with Crippen molar-refractivity contribution in [1.29, 1.82) is 0 Å². The first-order valence-corrected chi connectivity index (χ1v) is 9.81. The van der Waals surface area contributed by atoms with Gasteiger partial charge < -0.3 is 15.1 Å². The normalized spacial score (nSPS) is 21.6. The molecule has 2 aromatic rings. The highest BCUT2D eigenvalue weighted by atomic mass is 32.1. The molecule has 0 aromatic carbocycles. The Morgan fingerprint density at radius 2 is 2.16 bits per heavy atom. The summed E-state index contributed by atoms with van der Waals surface area (Å²) in [5.41, 5.74) is 1.62. The predicted octanol–water partition coefficient (Wildman–Crippen LogP) is 1.53. The predicted molar refractivity (Wildman–Crippen MR) is 98.3 cm³/mol.